The Kier molecular flexibility index (Phi) is 4.35. The molecule has 1 aliphatic rings. The van der Waals surface area contributed by atoms with Crippen molar-refractivity contribution in [3.63, 3.8) is 0 Å². The molecule has 1 aliphatic heterocycles. The van der Waals surface area contributed by atoms with Crippen LogP contribution in [0.4, 0.5) is 0 Å². The Morgan fingerprint density at radius 3 is 2.96 bits per heavy atom. The highest BCUT2D eigenvalue weighted by Crippen LogP contribution is 2.23. The second kappa shape index (κ2) is 6.95. The van der Waals surface area contributed by atoms with E-state index < -0.39 is 0 Å². The summed E-state index contributed by atoms with van der Waals surface area (Å²) in [4.78, 5) is 22.7. The van der Waals surface area contributed by atoms with E-state index in [1.807, 2.05) is 42.2 Å². The van der Waals surface area contributed by atoms with Gasteiger partial charge in [0.25, 0.3) is 5.91 Å². The number of rotatable bonds is 4. The van der Waals surface area contributed by atoms with E-state index in [1.54, 1.807) is 6.20 Å². The van der Waals surface area contributed by atoms with E-state index in [9.17, 15) is 4.79 Å². The molecule has 1 aromatic carbocycles. The van der Waals surface area contributed by atoms with Gasteiger partial charge in [-0.25, -0.2) is 9.97 Å². The summed E-state index contributed by atoms with van der Waals surface area (Å²) in [5.41, 5.74) is 4.18. The third kappa shape index (κ3) is 3.15. The van der Waals surface area contributed by atoms with Gasteiger partial charge in [0, 0.05) is 37.0 Å². The van der Waals surface area contributed by atoms with E-state index >= 15 is 0 Å². The predicted octanol–water partition coefficient (Wildman–Crippen LogP) is 2.29. The third-order valence-corrected chi connectivity index (χ3v) is 4.57. The van der Waals surface area contributed by atoms with Gasteiger partial charge < -0.3 is 9.64 Å². The van der Waals surface area contributed by atoms with Crippen LogP contribution < -0.4 is 4.74 Å². The molecule has 7 nitrogen and oxygen atoms in total. The summed E-state index contributed by atoms with van der Waals surface area (Å²) in [6.45, 7) is 3.33. The Balaban J connectivity index is 1.50. The van der Waals surface area contributed by atoms with E-state index in [2.05, 4.69) is 20.2 Å². The fraction of sp³-hybridized carbons (Fsp3) is 0.263. The number of para-hydroxylation sites is 1. The van der Waals surface area contributed by atoms with Gasteiger partial charge in [-0.15, -0.1) is 0 Å². The number of benzene rings is 1. The molecule has 0 unspecified atom stereocenters. The van der Waals surface area contributed by atoms with Gasteiger partial charge in [-0.3, -0.25) is 9.89 Å². The average Bonchev–Trinajstić information content (AvgIpc) is 3.09. The molecule has 0 saturated heterocycles. The molecular formula is C19H19N5O2. The number of carbonyl (C=O) groups excluding carboxylic acids is 1. The minimum absolute atomic E-state index is 0.0510. The lowest BCUT2D eigenvalue weighted by Crippen LogP contribution is -2.36. The minimum Gasteiger partial charge on any atom is -0.487 e. The molecule has 1 N–H and O–H groups in total. The molecule has 1 amide bonds. The molecule has 0 atom stereocenters. The summed E-state index contributed by atoms with van der Waals surface area (Å²) in [5.74, 6) is 0.745. The van der Waals surface area contributed by atoms with Crippen molar-refractivity contribution in [3.05, 3.63) is 71.1 Å². The second-order valence-electron chi connectivity index (χ2n) is 6.23. The fourth-order valence-corrected chi connectivity index (χ4v) is 3.09. The summed E-state index contributed by atoms with van der Waals surface area (Å²) in [6, 6.07) is 9.63. The first-order chi connectivity index (χ1) is 12.7. The largest absolute Gasteiger partial charge is 0.487 e. The normalized spacial score (nSPS) is 13.3. The molecule has 7 heteroatoms. The third-order valence-electron chi connectivity index (χ3n) is 4.57. The Hall–Kier alpha value is -3.22. The van der Waals surface area contributed by atoms with Gasteiger partial charge in [0.2, 0.25) is 0 Å². The van der Waals surface area contributed by atoms with Gasteiger partial charge >= 0.3 is 0 Å². The maximum atomic E-state index is 12.8. The summed E-state index contributed by atoms with van der Waals surface area (Å²) in [6.07, 6.45) is 3.77. The van der Waals surface area contributed by atoms with Gasteiger partial charge in [0.05, 0.1) is 11.3 Å². The van der Waals surface area contributed by atoms with Crippen molar-refractivity contribution in [1.29, 1.82) is 0 Å². The van der Waals surface area contributed by atoms with Crippen molar-refractivity contribution < 1.29 is 9.53 Å². The highest BCUT2D eigenvalue weighted by molar-refractivity contribution is 5.95. The van der Waals surface area contributed by atoms with E-state index in [0.29, 0.717) is 31.0 Å². The number of hydrogen-bond acceptors (Lipinski definition) is 5. The number of aromatic amines is 1. The van der Waals surface area contributed by atoms with Crippen molar-refractivity contribution in [2.75, 3.05) is 6.54 Å². The highest BCUT2D eigenvalue weighted by atomic mass is 16.5. The summed E-state index contributed by atoms with van der Waals surface area (Å²) >= 11 is 0. The fourth-order valence-electron chi connectivity index (χ4n) is 3.09. The zero-order chi connectivity index (χ0) is 17.9. The SMILES string of the molecule is Cc1ncncc1C(=O)N1CCc2[nH]nc(COc3ccccc3)c2C1. The lowest BCUT2D eigenvalue weighted by molar-refractivity contribution is 0.0731. The molecule has 132 valence electrons. The molecule has 26 heavy (non-hydrogen) atoms. The van der Waals surface area contributed by atoms with Crippen LogP contribution in [0.3, 0.4) is 0 Å². The number of hydrogen-bond donors (Lipinski definition) is 1. The van der Waals surface area contributed by atoms with Crippen LogP contribution in [0.2, 0.25) is 0 Å². The number of aryl methyl sites for hydroxylation is 1. The molecule has 2 aromatic heterocycles. The van der Waals surface area contributed by atoms with Crippen molar-refractivity contribution in [2.45, 2.75) is 26.5 Å². The molecule has 3 aromatic rings. The molecule has 3 heterocycles. The Morgan fingerprint density at radius 1 is 1.31 bits per heavy atom. The van der Waals surface area contributed by atoms with Gasteiger partial charge in [0.15, 0.2) is 0 Å². The van der Waals surface area contributed by atoms with Crippen LogP contribution in [0, 0.1) is 6.92 Å². The molecule has 0 fully saturated rings. The van der Waals surface area contributed by atoms with Gasteiger partial charge in [-0.1, -0.05) is 18.2 Å². The standard InChI is InChI=1S/C19H19N5O2/c1-13-15(9-20-12-21-13)19(25)24-8-7-17-16(10-24)18(23-22-17)11-26-14-5-3-2-4-6-14/h2-6,9,12H,7-8,10-11H2,1H3,(H,22,23). The topological polar surface area (TPSA) is 84.0 Å². The van der Waals surface area contributed by atoms with Crippen LogP contribution >= 0.6 is 0 Å². The van der Waals surface area contributed by atoms with Crippen LogP contribution in [0.1, 0.15) is 33.0 Å². The lowest BCUT2D eigenvalue weighted by Gasteiger charge is -2.27. The molecule has 0 radical (unpaired) electrons. The maximum absolute atomic E-state index is 12.8. The van der Waals surface area contributed by atoms with Crippen LogP contribution in [0.15, 0.2) is 42.9 Å². The summed E-state index contributed by atoms with van der Waals surface area (Å²) in [7, 11) is 0. The number of fused-ring (bicyclic) bond motifs is 1. The van der Waals surface area contributed by atoms with Crippen LogP contribution in [-0.4, -0.2) is 37.5 Å². The Labute approximate surface area is 151 Å². The van der Waals surface area contributed by atoms with E-state index in [-0.39, 0.29) is 5.91 Å². The van der Waals surface area contributed by atoms with E-state index in [1.165, 1.54) is 6.33 Å². The monoisotopic (exact) mass is 349 g/mol. The van der Waals surface area contributed by atoms with E-state index in [4.69, 9.17) is 4.74 Å². The highest BCUT2D eigenvalue weighted by Gasteiger charge is 2.27. The Morgan fingerprint density at radius 2 is 2.15 bits per heavy atom. The van der Waals surface area contributed by atoms with Crippen LogP contribution in [0.25, 0.3) is 0 Å². The smallest absolute Gasteiger partial charge is 0.257 e. The number of amides is 1. The van der Waals surface area contributed by atoms with Crippen molar-refractivity contribution in [1.82, 2.24) is 25.1 Å². The quantitative estimate of drug-likeness (QED) is 0.781. The van der Waals surface area contributed by atoms with Gasteiger partial charge in [0.1, 0.15) is 24.4 Å². The van der Waals surface area contributed by atoms with Crippen LogP contribution in [0.5, 0.6) is 5.75 Å². The van der Waals surface area contributed by atoms with Crippen LogP contribution in [-0.2, 0) is 19.6 Å². The van der Waals surface area contributed by atoms with Crippen molar-refractivity contribution in [3.8, 4) is 5.75 Å². The molecular weight excluding hydrogens is 330 g/mol. The number of ether oxygens (including phenoxy) is 1. The molecule has 0 bridgehead atoms. The number of aromatic nitrogens is 4. The molecule has 0 spiro atoms. The van der Waals surface area contributed by atoms with Gasteiger partial charge in [-0.2, -0.15) is 5.10 Å². The number of carbonyl (C=O) groups is 1. The first kappa shape index (κ1) is 16.3. The molecule has 4 rings (SSSR count). The molecule has 0 saturated carbocycles. The number of nitrogens with zero attached hydrogens (tertiary/aromatic N) is 4. The summed E-state index contributed by atoms with van der Waals surface area (Å²) < 4.78 is 5.81. The number of H-pyrrole nitrogens is 1. The zero-order valence-electron chi connectivity index (χ0n) is 14.5. The van der Waals surface area contributed by atoms with E-state index in [0.717, 1.165) is 29.1 Å². The first-order valence-corrected chi connectivity index (χ1v) is 8.51. The average molecular weight is 349 g/mol. The molecule has 0 aliphatic carbocycles. The lowest BCUT2D eigenvalue weighted by atomic mass is 10.0. The van der Waals surface area contributed by atoms with Crippen molar-refractivity contribution >= 4 is 5.91 Å². The van der Waals surface area contributed by atoms with Gasteiger partial charge in [-0.05, 0) is 19.1 Å². The summed E-state index contributed by atoms with van der Waals surface area (Å²) in [5, 5.41) is 7.46. The maximum Gasteiger partial charge on any atom is 0.257 e. The Bertz CT molecular complexity index is 923. The first-order valence-electron chi connectivity index (χ1n) is 8.51. The zero-order valence-corrected chi connectivity index (χ0v) is 14.5. The number of nitrogens with one attached hydrogen (secondary N) is 1. The van der Waals surface area contributed by atoms with Crippen molar-refractivity contribution in [2.24, 2.45) is 0 Å². The second-order valence-corrected chi connectivity index (χ2v) is 6.23. The minimum atomic E-state index is -0.0510. The predicted molar refractivity (Wildman–Crippen MR) is 94.6 cm³/mol.